The van der Waals surface area contributed by atoms with E-state index in [9.17, 15) is 39.3 Å². The summed E-state index contributed by atoms with van der Waals surface area (Å²) in [6.45, 7) is -0.321. The molecule has 6 atom stereocenters. The van der Waals surface area contributed by atoms with Crippen LogP contribution in [0.4, 0.5) is 0 Å². The molecule has 1 fully saturated rings. The van der Waals surface area contributed by atoms with Crippen molar-refractivity contribution < 1.29 is 77.9 Å². The lowest BCUT2D eigenvalue weighted by molar-refractivity contribution is -0.210. The van der Waals surface area contributed by atoms with Gasteiger partial charge in [-0.05, 0) is 29.3 Å². The molecule has 5 N–H and O–H groups in total. The third-order valence-electron chi connectivity index (χ3n) is 7.85. The number of ketones is 1. The second-order valence-electron chi connectivity index (χ2n) is 11.2. The number of methoxy groups -OCH3 is 1. The van der Waals surface area contributed by atoms with E-state index in [4.69, 9.17) is 38.6 Å². The number of hydrogen-bond donors (Lipinski definition) is 5. The van der Waals surface area contributed by atoms with Crippen LogP contribution in [-0.4, -0.2) is 99.4 Å². The van der Waals surface area contributed by atoms with Gasteiger partial charge in [-0.1, -0.05) is 18.2 Å². The highest BCUT2D eigenvalue weighted by Crippen LogP contribution is 2.43. The van der Waals surface area contributed by atoms with Gasteiger partial charge in [0.2, 0.25) is 11.9 Å². The molecular weight excluding hydrogens is 652 g/mol. The number of hydrogen-bond acceptors (Lipinski definition) is 14. The number of carbonyl (C=O) groups excluding carboxylic acids is 3. The molecule has 0 spiro atoms. The van der Waals surface area contributed by atoms with E-state index in [1.54, 1.807) is 18.2 Å². The monoisotopic (exact) mass is 684 g/mol. The molecule has 0 saturated carbocycles. The van der Waals surface area contributed by atoms with Crippen LogP contribution in [0.2, 0.25) is 0 Å². The SMILES string of the molecule is COc1cc(C2OC3C=C([C@H]4Oc5cc(O)cc(O)c5C(=O)[C@@H]4OC(=O)CCC(=O)O)C=CC3OC2COC(=O)CCC(=O)O)ccc1O. The lowest BCUT2D eigenvalue weighted by atomic mass is 9.88. The van der Waals surface area contributed by atoms with Crippen molar-refractivity contribution in [1.29, 1.82) is 0 Å². The van der Waals surface area contributed by atoms with E-state index in [0.29, 0.717) is 5.56 Å². The smallest absolute Gasteiger partial charge is 0.307 e. The first-order valence-corrected chi connectivity index (χ1v) is 15.0. The number of ether oxygens (including phenoxy) is 6. The Morgan fingerprint density at radius 3 is 2.24 bits per heavy atom. The molecular formula is C33H32O16. The molecule has 5 rings (SSSR count). The number of Topliss-reactive ketones (excluding diaryl/α,β-unsaturated/α-hetero) is 1. The number of carboxylic acids is 2. The summed E-state index contributed by atoms with van der Waals surface area (Å²) in [7, 11) is 1.35. The molecule has 16 nitrogen and oxygen atoms in total. The lowest BCUT2D eigenvalue weighted by Crippen LogP contribution is -2.49. The number of benzene rings is 2. The average molecular weight is 685 g/mol. The first-order chi connectivity index (χ1) is 23.3. The van der Waals surface area contributed by atoms with Gasteiger partial charge in [0.1, 0.15) is 53.8 Å². The number of rotatable bonds is 12. The van der Waals surface area contributed by atoms with Crippen molar-refractivity contribution in [3.8, 4) is 28.7 Å². The molecule has 49 heavy (non-hydrogen) atoms. The predicted molar refractivity (Wildman–Crippen MR) is 161 cm³/mol. The van der Waals surface area contributed by atoms with Gasteiger partial charge >= 0.3 is 23.9 Å². The number of esters is 2. The third-order valence-corrected chi connectivity index (χ3v) is 7.85. The van der Waals surface area contributed by atoms with Crippen molar-refractivity contribution in [2.75, 3.05) is 13.7 Å². The number of aromatic hydroxyl groups is 3. The largest absolute Gasteiger partial charge is 0.508 e. The Kier molecular flexibility index (Phi) is 10.4. The van der Waals surface area contributed by atoms with Crippen LogP contribution in [-0.2, 0) is 38.1 Å². The molecule has 0 bridgehead atoms. The fraction of sp³-hybridized carbons (Fsp3) is 0.364. The zero-order valence-corrected chi connectivity index (χ0v) is 25.8. The van der Waals surface area contributed by atoms with Gasteiger partial charge in [-0.25, -0.2) is 0 Å². The van der Waals surface area contributed by atoms with E-state index in [-0.39, 0.29) is 41.4 Å². The summed E-state index contributed by atoms with van der Waals surface area (Å²) in [4.78, 5) is 60.3. The Morgan fingerprint density at radius 1 is 0.837 bits per heavy atom. The van der Waals surface area contributed by atoms with Crippen molar-refractivity contribution in [3.05, 3.63) is 65.3 Å². The molecule has 1 saturated heterocycles. The molecule has 2 aliphatic heterocycles. The Morgan fingerprint density at radius 2 is 1.55 bits per heavy atom. The van der Waals surface area contributed by atoms with Crippen LogP contribution in [0.25, 0.3) is 0 Å². The van der Waals surface area contributed by atoms with E-state index < -0.39 is 97.0 Å². The van der Waals surface area contributed by atoms with Crippen molar-refractivity contribution in [3.63, 3.8) is 0 Å². The summed E-state index contributed by atoms with van der Waals surface area (Å²) >= 11 is 0. The van der Waals surface area contributed by atoms with Crippen LogP contribution in [0.1, 0.15) is 47.7 Å². The molecule has 2 heterocycles. The molecule has 0 amide bonds. The van der Waals surface area contributed by atoms with Crippen molar-refractivity contribution in [1.82, 2.24) is 0 Å². The van der Waals surface area contributed by atoms with Crippen LogP contribution in [0.3, 0.4) is 0 Å². The molecule has 3 aliphatic rings. The average Bonchev–Trinajstić information content (AvgIpc) is 3.05. The highest BCUT2D eigenvalue weighted by molar-refractivity contribution is 6.06. The predicted octanol–water partition coefficient (Wildman–Crippen LogP) is 2.33. The zero-order chi connectivity index (χ0) is 35.4. The van der Waals surface area contributed by atoms with Crippen molar-refractivity contribution >= 4 is 29.7 Å². The van der Waals surface area contributed by atoms with Crippen molar-refractivity contribution in [2.24, 2.45) is 0 Å². The van der Waals surface area contributed by atoms with Gasteiger partial charge in [-0.3, -0.25) is 24.0 Å². The Bertz CT molecular complexity index is 1710. The minimum absolute atomic E-state index is 0.118. The van der Waals surface area contributed by atoms with Crippen LogP contribution < -0.4 is 9.47 Å². The second kappa shape index (κ2) is 14.7. The summed E-state index contributed by atoms with van der Waals surface area (Å²) in [6.07, 6.45) is -3.78. The quantitative estimate of drug-likeness (QED) is 0.201. The van der Waals surface area contributed by atoms with Gasteiger partial charge in [-0.15, -0.1) is 0 Å². The van der Waals surface area contributed by atoms with E-state index in [0.717, 1.165) is 12.1 Å². The molecule has 16 heteroatoms. The van der Waals surface area contributed by atoms with Gasteiger partial charge in [0.25, 0.3) is 0 Å². The van der Waals surface area contributed by atoms with Gasteiger partial charge in [0.05, 0.1) is 32.8 Å². The van der Waals surface area contributed by atoms with Gasteiger partial charge in [0, 0.05) is 12.1 Å². The summed E-state index contributed by atoms with van der Waals surface area (Å²) in [5.74, 6) is -6.31. The first-order valence-electron chi connectivity index (χ1n) is 15.0. The molecule has 0 aromatic heterocycles. The standard InChI is InChI=1S/C33H32O16/c1-44-21-10-15(2-4-18(21)35)31-24(14-45-27(41)8-6-25(37)38)46-20-5-3-16(11-22(20)47-31)32-33(49-28(42)9-7-26(39)40)30(43)29-19(36)12-17(34)13-23(29)48-32/h2-5,10-13,20,22,24,31-36H,6-9,14H2,1H3,(H,37,38)(H,39,40)/t20?,22?,24?,31?,32-,33+/m1/s1. The summed E-state index contributed by atoms with van der Waals surface area (Å²) < 4.78 is 34.6. The fourth-order valence-electron chi connectivity index (χ4n) is 5.54. The normalized spacial score (nSPS) is 24.0. The highest BCUT2D eigenvalue weighted by Gasteiger charge is 2.46. The summed E-state index contributed by atoms with van der Waals surface area (Å²) in [5.41, 5.74) is 0.379. The number of carboxylic acid groups (broad SMARTS) is 2. The number of phenolic OH excluding ortho intramolecular Hbond substituents is 3. The molecule has 260 valence electrons. The second-order valence-corrected chi connectivity index (χ2v) is 11.2. The minimum Gasteiger partial charge on any atom is -0.508 e. The minimum atomic E-state index is -1.67. The fourth-order valence-corrected chi connectivity index (χ4v) is 5.54. The molecule has 2 aromatic rings. The first kappa shape index (κ1) is 34.7. The number of fused-ring (bicyclic) bond motifs is 2. The molecule has 1 aliphatic carbocycles. The van der Waals surface area contributed by atoms with Crippen LogP contribution >= 0.6 is 0 Å². The number of aliphatic carboxylic acids is 2. The molecule has 0 radical (unpaired) electrons. The lowest BCUT2D eigenvalue weighted by Gasteiger charge is -2.42. The third kappa shape index (κ3) is 7.93. The number of carbonyl (C=O) groups is 5. The summed E-state index contributed by atoms with van der Waals surface area (Å²) in [6, 6.07) is 6.43. The van der Waals surface area contributed by atoms with Crippen LogP contribution in [0.15, 0.2) is 54.1 Å². The van der Waals surface area contributed by atoms with Crippen LogP contribution in [0.5, 0.6) is 28.7 Å². The molecule has 2 aromatic carbocycles. The Hall–Kier alpha value is -5.61. The maximum absolute atomic E-state index is 13.6. The maximum atomic E-state index is 13.6. The summed E-state index contributed by atoms with van der Waals surface area (Å²) in [5, 5.41) is 48.5. The van der Waals surface area contributed by atoms with Crippen LogP contribution in [0, 0.1) is 0 Å². The topological polar surface area (TPSA) is 242 Å². The van der Waals surface area contributed by atoms with Gasteiger partial charge in [-0.2, -0.15) is 0 Å². The van der Waals surface area contributed by atoms with Gasteiger partial charge < -0.3 is 54.0 Å². The van der Waals surface area contributed by atoms with E-state index in [1.807, 2.05) is 0 Å². The number of phenols is 3. The molecule has 4 unspecified atom stereocenters. The maximum Gasteiger partial charge on any atom is 0.307 e. The van der Waals surface area contributed by atoms with E-state index in [2.05, 4.69) is 0 Å². The van der Waals surface area contributed by atoms with E-state index >= 15 is 0 Å². The van der Waals surface area contributed by atoms with Gasteiger partial charge in [0.15, 0.2) is 17.6 Å². The highest BCUT2D eigenvalue weighted by atomic mass is 16.6. The van der Waals surface area contributed by atoms with Crippen molar-refractivity contribution in [2.45, 2.75) is 62.3 Å². The van der Waals surface area contributed by atoms with E-state index in [1.165, 1.54) is 25.3 Å². The zero-order valence-electron chi connectivity index (χ0n) is 25.8. The Labute approximate surface area is 277 Å². The Balaban J connectivity index is 1.45.